The van der Waals surface area contributed by atoms with Gasteiger partial charge in [0.05, 0.1) is 6.61 Å². The van der Waals surface area contributed by atoms with Crippen molar-refractivity contribution in [1.82, 2.24) is 0 Å². The Hall–Kier alpha value is -0.570. The van der Waals surface area contributed by atoms with Crippen LogP contribution in [0.1, 0.15) is 65.7 Å². The Bertz CT molecular complexity index is 169. The van der Waals surface area contributed by atoms with Crippen LogP contribution in [0.25, 0.3) is 0 Å². The first-order valence-electron chi connectivity index (χ1n) is 6.56. The van der Waals surface area contributed by atoms with E-state index in [-0.39, 0.29) is 5.97 Å². The summed E-state index contributed by atoms with van der Waals surface area (Å²) in [6.45, 7) is 6.90. The fourth-order valence-corrected chi connectivity index (χ4v) is 1.46. The van der Waals surface area contributed by atoms with Gasteiger partial charge in [-0.05, 0) is 18.8 Å². The third-order valence-electron chi connectivity index (χ3n) is 2.73. The minimum Gasteiger partial charge on any atom is -0.298 e. The van der Waals surface area contributed by atoms with Crippen LogP contribution in [0.3, 0.4) is 0 Å². The zero-order valence-corrected chi connectivity index (χ0v) is 11.0. The van der Waals surface area contributed by atoms with Gasteiger partial charge in [0.25, 0.3) is 0 Å². The number of rotatable bonds is 10. The largest absolute Gasteiger partial charge is 0.342 e. The standard InChI is InChI=1S/C13H26O3/c1-4-7-9-12(6-3)11-15-16-13(14)10-8-5-2/h12H,4-11H2,1-3H3. The van der Waals surface area contributed by atoms with E-state index in [1.165, 1.54) is 12.8 Å². The van der Waals surface area contributed by atoms with Crippen LogP contribution in [-0.4, -0.2) is 12.6 Å². The predicted octanol–water partition coefficient (Wildman–Crippen LogP) is 3.87. The minimum absolute atomic E-state index is 0.243. The van der Waals surface area contributed by atoms with Gasteiger partial charge < -0.3 is 0 Å². The SMILES string of the molecule is CCCCC(=O)OOCC(CC)CCCC. The monoisotopic (exact) mass is 230 g/mol. The summed E-state index contributed by atoms with van der Waals surface area (Å²) in [5.41, 5.74) is 0. The van der Waals surface area contributed by atoms with Crippen molar-refractivity contribution in [3.63, 3.8) is 0 Å². The van der Waals surface area contributed by atoms with Gasteiger partial charge in [-0.25, -0.2) is 4.79 Å². The second kappa shape index (κ2) is 10.9. The van der Waals surface area contributed by atoms with Crippen LogP contribution in [0.5, 0.6) is 0 Å². The number of hydrogen-bond acceptors (Lipinski definition) is 3. The quantitative estimate of drug-likeness (QED) is 0.422. The van der Waals surface area contributed by atoms with E-state index in [0.717, 1.165) is 25.7 Å². The second-order valence-electron chi connectivity index (χ2n) is 4.26. The Labute approximate surface area is 99.4 Å². The normalized spacial score (nSPS) is 12.4. The summed E-state index contributed by atoms with van der Waals surface area (Å²) < 4.78 is 0. The lowest BCUT2D eigenvalue weighted by atomic mass is 10.0. The molecule has 0 aliphatic heterocycles. The van der Waals surface area contributed by atoms with E-state index in [9.17, 15) is 4.79 Å². The average Bonchev–Trinajstić information content (AvgIpc) is 2.30. The van der Waals surface area contributed by atoms with Gasteiger partial charge in [0.15, 0.2) is 0 Å². The summed E-state index contributed by atoms with van der Waals surface area (Å²) in [5, 5.41) is 0. The number of unbranched alkanes of at least 4 members (excludes halogenated alkanes) is 2. The molecule has 0 aliphatic carbocycles. The molecule has 0 aliphatic rings. The van der Waals surface area contributed by atoms with Crippen molar-refractivity contribution >= 4 is 5.97 Å². The number of carbonyl (C=O) groups is 1. The molecule has 1 unspecified atom stereocenters. The summed E-state index contributed by atoms with van der Waals surface area (Å²) in [6, 6.07) is 0. The van der Waals surface area contributed by atoms with Crippen molar-refractivity contribution in [2.24, 2.45) is 5.92 Å². The molecule has 0 heterocycles. The highest BCUT2D eigenvalue weighted by atomic mass is 17.2. The molecule has 0 amide bonds. The van der Waals surface area contributed by atoms with Gasteiger partial charge >= 0.3 is 5.97 Å². The first-order chi connectivity index (χ1) is 7.74. The molecule has 96 valence electrons. The topological polar surface area (TPSA) is 35.5 Å². The molecule has 3 nitrogen and oxygen atoms in total. The highest BCUT2D eigenvalue weighted by molar-refractivity contribution is 5.68. The third kappa shape index (κ3) is 8.72. The molecule has 0 radical (unpaired) electrons. The van der Waals surface area contributed by atoms with Crippen molar-refractivity contribution < 1.29 is 14.6 Å². The molecule has 3 heteroatoms. The molecule has 0 bridgehead atoms. The van der Waals surface area contributed by atoms with Crippen molar-refractivity contribution in [1.29, 1.82) is 0 Å². The zero-order valence-electron chi connectivity index (χ0n) is 11.0. The summed E-state index contributed by atoms with van der Waals surface area (Å²) in [7, 11) is 0. The molecule has 0 fully saturated rings. The third-order valence-corrected chi connectivity index (χ3v) is 2.73. The van der Waals surface area contributed by atoms with E-state index in [0.29, 0.717) is 18.9 Å². The molecule has 16 heavy (non-hydrogen) atoms. The van der Waals surface area contributed by atoms with Crippen LogP contribution in [-0.2, 0) is 14.6 Å². The van der Waals surface area contributed by atoms with Gasteiger partial charge in [-0.2, -0.15) is 4.89 Å². The van der Waals surface area contributed by atoms with E-state index in [2.05, 4.69) is 13.8 Å². The maximum atomic E-state index is 11.1. The van der Waals surface area contributed by atoms with Crippen LogP contribution in [0.15, 0.2) is 0 Å². The Morgan fingerprint density at radius 3 is 2.38 bits per heavy atom. The summed E-state index contributed by atoms with van der Waals surface area (Å²) in [6.07, 6.45) is 6.98. The summed E-state index contributed by atoms with van der Waals surface area (Å²) in [4.78, 5) is 20.8. The van der Waals surface area contributed by atoms with Gasteiger partial charge in [0.1, 0.15) is 0 Å². The highest BCUT2D eigenvalue weighted by Gasteiger charge is 2.08. The molecular weight excluding hydrogens is 204 g/mol. The maximum absolute atomic E-state index is 11.1. The van der Waals surface area contributed by atoms with Gasteiger partial charge in [-0.15, -0.1) is 0 Å². The van der Waals surface area contributed by atoms with Crippen molar-refractivity contribution in [3.05, 3.63) is 0 Å². The van der Waals surface area contributed by atoms with Gasteiger partial charge in [-0.1, -0.05) is 46.5 Å². The highest BCUT2D eigenvalue weighted by Crippen LogP contribution is 2.13. The fraction of sp³-hybridized carbons (Fsp3) is 0.923. The fourth-order valence-electron chi connectivity index (χ4n) is 1.46. The first kappa shape index (κ1) is 15.4. The van der Waals surface area contributed by atoms with E-state index in [1.807, 2.05) is 6.92 Å². The Kier molecular flexibility index (Phi) is 10.5. The van der Waals surface area contributed by atoms with Gasteiger partial charge in [0.2, 0.25) is 0 Å². The Balaban J connectivity index is 3.49. The second-order valence-corrected chi connectivity index (χ2v) is 4.26. The van der Waals surface area contributed by atoms with E-state index >= 15 is 0 Å². The molecule has 0 aromatic rings. The van der Waals surface area contributed by atoms with Crippen LogP contribution in [0.2, 0.25) is 0 Å². The maximum Gasteiger partial charge on any atom is 0.342 e. The summed E-state index contributed by atoms with van der Waals surface area (Å²) >= 11 is 0. The van der Waals surface area contributed by atoms with E-state index < -0.39 is 0 Å². The molecule has 0 aromatic carbocycles. The van der Waals surface area contributed by atoms with E-state index in [1.54, 1.807) is 0 Å². The predicted molar refractivity (Wildman–Crippen MR) is 64.9 cm³/mol. The first-order valence-corrected chi connectivity index (χ1v) is 6.56. The lowest BCUT2D eigenvalue weighted by Gasteiger charge is -2.13. The van der Waals surface area contributed by atoms with Crippen molar-refractivity contribution in [3.8, 4) is 0 Å². The Morgan fingerprint density at radius 1 is 1.12 bits per heavy atom. The molecule has 0 saturated carbocycles. The van der Waals surface area contributed by atoms with Crippen LogP contribution >= 0.6 is 0 Å². The van der Waals surface area contributed by atoms with Crippen LogP contribution in [0, 0.1) is 5.92 Å². The average molecular weight is 230 g/mol. The molecule has 1 atom stereocenters. The van der Waals surface area contributed by atoms with Gasteiger partial charge in [0, 0.05) is 6.42 Å². The lowest BCUT2D eigenvalue weighted by molar-refractivity contribution is -0.278. The zero-order chi connectivity index (χ0) is 12.2. The summed E-state index contributed by atoms with van der Waals surface area (Å²) in [5.74, 6) is 0.270. The minimum atomic E-state index is -0.243. The number of hydrogen-bond donors (Lipinski definition) is 0. The Morgan fingerprint density at radius 2 is 1.81 bits per heavy atom. The lowest BCUT2D eigenvalue weighted by Crippen LogP contribution is -2.12. The molecule has 0 saturated heterocycles. The smallest absolute Gasteiger partial charge is 0.298 e. The van der Waals surface area contributed by atoms with Crippen LogP contribution < -0.4 is 0 Å². The van der Waals surface area contributed by atoms with Gasteiger partial charge in [-0.3, -0.25) is 4.89 Å². The van der Waals surface area contributed by atoms with E-state index in [4.69, 9.17) is 9.78 Å². The molecule has 0 N–H and O–H groups in total. The molecule has 0 rings (SSSR count). The van der Waals surface area contributed by atoms with Crippen LogP contribution in [0.4, 0.5) is 0 Å². The van der Waals surface area contributed by atoms with Crippen molar-refractivity contribution in [2.75, 3.05) is 6.61 Å². The van der Waals surface area contributed by atoms with Crippen molar-refractivity contribution in [2.45, 2.75) is 65.7 Å². The molecule has 0 aromatic heterocycles. The molecular formula is C13H26O3. The number of carbonyl (C=O) groups excluding carboxylic acids is 1. The molecule has 0 spiro atoms.